The molecule has 0 aliphatic heterocycles. The summed E-state index contributed by atoms with van der Waals surface area (Å²) in [5.74, 6) is 2.63. The maximum absolute atomic E-state index is 5.21. The molecule has 1 aliphatic carbocycles. The van der Waals surface area contributed by atoms with Crippen molar-refractivity contribution in [1.82, 2.24) is 14.8 Å². The summed E-state index contributed by atoms with van der Waals surface area (Å²) in [5.41, 5.74) is 0. The SMILES string of the molecule is CC(C)Cn1c(CC2CC2)n[nH]c1=S. The van der Waals surface area contributed by atoms with Crippen LogP contribution in [0.4, 0.5) is 0 Å². The molecule has 14 heavy (non-hydrogen) atoms. The van der Waals surface area contributed by atoms with Crippen molar-refractivity contribution in [3.05, 3.63) is 10.6 Å². The van der Waals surface area contributed by atoms with E-state index >= 15 is 0 Å². The number of aromatic amines is 1. The molecule has 0 atom stereocenters. The molecular weight excluding hydrogens is 194 g/mol. The molecule has 2 rings (SSSR count). The molecule has 78 valence electrons. The Kier molecular flexibility index (Phi) is 2.72. The van der Waals surface area contributed by atoms with Gasteiger partial charge in [0.1, 0.15) is 5.82 Å². The van der Waals surface area contributed by atoms with Gasteiger partial charge in [-0.15, -0.1) is 0 Å². The van der Waals surface area contributed by atoms with E-state index in [9.17, 15) is 0 Å². The molecule has 1 fully saturated rings. The zero-order valence-electron chi connectivity index (χ0n) is 8.79. The van der Waals surface area contributed by atoms with Crippen molar-refractivity contribution < 1.29 is 0 Å². The molecule has 3 nitrogen and oxygen atoms in total. The van der Waals surface area contributed by atoms with Gasteiger partial charge in [-0.25, -0.2) is 0 Å². The van der Waals surface area contributed by atoms with Crippen molar-refractivity contribution in [2.45, 2.75) is 39.7 Å². The van der Waals surface area contributed by atoms with Crippen LogP contribution in [0.5, 0.6) is 0 Å². The summed E-state index contributed by atoms with van der Waals surface area (Å²) in [6.45, 7) is 5.39. The summed E-state index contributed by atoms with van der Waals surface area (Å²) < 4.78 is 2.92. The number of aromatic nitrogens is 3. The van der Waals surface area contributed by atoms with E-state index in [1.165, 1.54) is 12.8 Å². The second-order valence-electron chi connectivity index (χ2n) is 4.60. The molecule has 1 heterocycles. The van der Waals surface area contributed by atoms with Gasteiger partial charge in [-0.3, -0.25) is 5.10 Å². The van der Waals surface area contributed by atoms with Gasteiger partial charge in [0.05, 0.1) is 0 Å². The van der Waals surface area contributed by atoms with Gasteiger partial charge in [-0.1, -0.05) is 13.8 Å². The summed E-state index contributed by atoms with van der Waals surface area (Å²) in [6, 6.07) is 0. The molecule has 0 saturated heterocycles. The highest BCUT2D eigenvalue weighted by atomic mass is 32.1. The average molecular weight is 211 g/mol. The highest BCUT2D eigenvalue weighted by Crippen LogP contribution is 2.32. The highest BCUT2D eigenvalue weighted by molar-refractivity contribution is 7.71. The smallest absolute Gasteiger partial charge is 0.195 e. The molecule has 0 aromatic carbocycles. The van der Waals surface area contributed by atoms with Crippen LogP contribution in [-0.2, 0) is 13.0 Å². The van der Waals surface area contributed by atoms with E-state index in [0.717, 1.165) is 29.5 Å². The summed E-state index contributed by atoms with van der Waals surface area (Å²) in [5, 5.41) is 7.19. The molecular formula is C10H17N3S. The Labute approximate surface area is 89.5 Å². The third-order valence-corrected chi connectivity index (χ3v) is 2.86. The predicted octanol–water partition coefficient (Wildman–Crippen LogP) is 2.55. The van der Waals surface area contributed by atoms with E-state index in [-0.39, 0.29) is 0 Å². The standard InChI is InChI=1S/C10H17N3S/c1-7(2)6-13-9(5-8-3-4-8)11-12-10(13)14/h7-8H,3-6H2,1-2H3,(H,12,14). The molecule has 0 bridgehead atoms. The molecule has 1 aromatic rings. The van der Waals surface area contributed by atoms with Gasteiger partial charge in [0.15, 0.2) is 4.77 Å². The molecule has 1 saturated carbocycles. The van der Waals surface area contributed by atoms with Crippen LogP contribution in [0, 0.1) is 16.6 Å². The number of hydrogen-bond donors (Lipinski definition) is 1. The second-order valence-corrected chi connectivity index (χ2v) is 4.98. The Morgan fingerprint density at radius 3 is 2.86 bits per heavy atom. The fraction of sp³-hybridized carbons (Fsp3) is 0.800. The van der Waals surface area contributed by atoms with Crippen LogP contribution in [0.2, 0.25) is 0 Å². The predicted molar refractivity (Wildman–Crippen MR) is 58.7 cm³/mol. The monoisotopic (exact) mass is 211 g/mol. The summed E-state index contributed by atoms with van der Waals surface area (Å²) >= 11 is 5.21. The third-order valence-electron chi connectivity index (χ3n) is 2.55. The highest BCUT2D eigenvalue weighted by Gasteiger charge is 2.24. The second kappa shape index (κ2) is 3.85. The Balaban J connectivity index is 2.16. The molecule has 1 aliphatic rings. The van der Waals surface area contributed by atoms with Gasteiger partial charge in [0.2, 0.25) is 0 Å². The average Bonchev–Trinajstić information content (AvgIpc) is 2.85. The Bertz CT molecular complexity index is 360. The molecule has 1 N–H and O–H groups in total. The minimum atomic E-state index is 0.622. The number of nitrogens with one attached hydrogen (secondary N) is 1. The van der Waals surface area contributed by atoms with Crippen LogP contribution in [-0.4, -0.2) is 14.8 Å². The van der Waals surface area contributed by atoms with Crippen LogP contribution in [0.3, 0.4) is 0 Å². The Hall–Kier alpha value is -0.640. The lowest BCUT2D eigenvalue weighted by Gasteiger charge is -2.08. The third kappa shape index (κ3) is 2.23. The van der Waals surface area contributed by atoms with Crippen LogP contribution < -0.4 is 0 Å². The minimum Gasteiger partial charge on any atom is -0.304 e. The van der Waals surface area contributed by atoms with Crippen molar-refractivity contribution in [2.75, 3.05) is 0 Å². The largest absolute Gasteiger partial charge is 0.304 e. The first-order valence-electron chi connectivity index (χ1n) is 5.31. The zero-order valence-corrected chi connectivity index (χ0v) is 9.60. The maximum Gasteiger partial charge on any atom is 0.195 e. The van der Waals surface area contributed by atoms with Crippen LogP contribution >= 0.6 is 12.2 Å². The van der Waals surface area contributed by atoms with E-state index < -0.39 is 0 Å². The summed E-state index contributed by atoms with van der Waals surface area (Å²) in [6.07, 6.45) is 3.82. The number of rotatable bonds is 4. The summed E-state index contributed by atoms with van der Waals surface area (Å²) in [7, 11) is 0. The van der Waals surface area contributed by atoms with Gasteiger partial charge < -0.3 is 4.57 Å². The van der Waals surface area contributed by atoms with E-state index in [2.05, 4.69) is 28.6 Å². The molecule has 0 radical (unpaired) electrons. The Morgan fingerprint density at radius 1 is 1.57 bits per heavy atom. The topological polar surface area (TPSA) is 33.6 Å². The van der Waals surface area contributed by atoms with Crippen molar-refractivity contribution in [3.8, 4) is 0 Å². The van der Waals surface area contributed by atoms with Crippen molar-refractivity contribution >= 4 is 12.2 Å². The van der Waals surface area contributed by atoms with Gasteiger partial charge >= 0.3 is 0 Å². The van der Waals surface area contributed by atoms with Gasteiger partial charge in [0.25, 0.3) is 0 Å². The van der Waals surface area contributed by atoms with Crippen LogP contribution in [0.1, 0.15) is 32.5 Å². The normalized spacial score (nSPS) is 16.5. The van der Waals surface area contributed by atoms with E-state index in [0.29, 0.717) is 5.92 Å². The first-order valence-corrected chi connectivity index (χ1v) is 5.71. The fourth-order valence-corrected chi connectivity index (χ4v) is 1.87. The van der Waals surface area contributed by atoms with E-state index in [4.69, 9.17) is 12.2 Å². The van der Waals surface area contributed by atoms with Gasteiger partial charge in [-0.05, 0) is 36.9 Å². The van der Waals surface area contributed by atoms with Crippen molar-refractivity contribution in [2.24, 2.45) is 11.8 Å². The lowest BCUT2D eigenvalue weighted by molar-refractivity contribution is 0.498. The molecule has 0 unspecified atom stereocenters. The van der Waals surface area contributed by atoms with Crippen molar-refractivity contribution in [1.29, 1.82) is 0 Å². The van der Waals surface area contributed by atoms with Gasteiger partial charge in [0, 0.05) is 13.0 Å². The first kappa shape index (κ1) is 9.90. The lowest BCUT2D eigenvalue weighted by atomic mass is 10.2. The zero-order chi connectivity index (χ0) is 10.1. The van der Waals surface area contributed by atoms with Gasteiger partial charge in [-0.2, -0.15) is 5.10 Å². The maximum atomic E-state index is 5.21. The fourth-order valence-electron chi connectivity index (χ4n) is 1.64. The van der Waals surface area contributed by atoms with Crippen LogP contribution in [0.25, 0.3) is 0 Å². The van der Waals surface area contributed by atoms with E-state index in [1.807, 2.05) is 0 Å². The quantitative estimate of drug-likeness (QED) is 0.776. The molecule has 1 aromatic heterocycles. The van der Waals surface area contributed by atoms with Crippen molar-refractivity contribution in [3.63, 3.8) is 0 Å². The minimum absolute atomic E-state index is 0.622. The molecule has 0 amide bonds. The number of H-pyrrole nitrogens is 1. The van der Waals surface area contributed by atoms with E-state index in [1.54, 1.807) is 0 Å². The molecule has 0 spiro atoms. The first-order chi connectivity index (χ1) is 6.66. The number of hydrogen-bond acceptors (Lipinski definition) is 2. The summed E-state index contributed by atoms with van der Waals surface area (Å²) in [4.78, 5) is 0. The Morgan fingerprint density at radius 2 is 2.29 bits per heavy atom. The molecule has 4 heteroatoms. The lowest BCUT2D eigenvalue weighted by Crippen LogP contribution is -2.09. The number of nitrogens with zero attached hydrogens (tertiary/aromatic N) is 2. The van der Waals surface area contributed by atoms with Crippen LogP contribution in [0.15, 0.2) is 0 Å².